The Morgan fingerprint density at radius 3 is 2.33 bits per heavy atom. The lowest BCUT2D eigenvalue weighted by atomic mass is 9.87. The summed E-state index contributed by atoms with van der Waals surface area (Å²) >= 11 is 1.30. The molecule has 1 aromatic heterocycles. The number of thioether (sulfide) groups is 1. The second kappa shape index (κ2) is 10.5. The zero-order chi connectivity index (χ0) is 24.0. The topological polar surface area (TPSA) is 86.1 Å². The number of hydrogen-bond donors (Lipinski definition) is 1. The first-order valence-electron chi connectivity index (χ1n) is 10.5. The number of allylic oxidation sites excluding steroid dienone is 1. The summed E-state index contributed by atoms with van der Waals surface area (Å²) in [4.78, 5) is 24.0. The van der Waals surface area contributed by atoms with Crippen LogP contribution in [0.1, 0.15) is 36.7 Å². The molecule has 0 aliphatic rings. The molecular weight excluding hydrogens is 436 g/mol. The molecule has 0 aliphatic heterocycles. The number of esters is 1. The van der Waals surface area contributed by atoms with Gasteiger partial charge in [0, 0.05) is 17.8 Å². The maximum absolute atomic E-state index is 12.4. The second-order valence-electron chi connectivity index (χ2n) is 8.44. The standard InChI is InChI=1S/C25H28N4O3S/c1-6-15-29-22(17-7-11-19(12-8-17)25(2,3)4)27-28-24(29)33-16-21(30)26-20-13-9-18(10-14-20)23(31)32-5/h6-14H,1,15-16H2,2-5H3,(H,26,30). The summed E-state index contributed by atoms with van der Waals surface area (Å²) in [5.41, 5.74) is 3.29. The number of rotatable bonds is 8. The van der Waals surface area contributed by atoms with Gasteiger partial charge in [-0.05, 0) is 35.2 Å². The average Bonchev–Trinajstić information content (AvgIpc) is 3.20. The van der Waals surface area contributed by atoms with Gasteiger partial charge in [0.1, 0.15) is 0 Å². The van der Waals surface area contributed by atoms with Crippen molar-refractivity contribution in [2.75, 3.05) is 18.2 Å². The normalized spacial score (nSPS) is 11.2. The lowest BCUT2D eigenvalue weighted by molar-refractivity contribution is -0.113. The van der Waals surface area contributed by atoms with Crippen LogP contribution in [0.15, 0.2) is 66.3 Å². The van der Waals surface area contributed by atoms with Crippen LogP contribution in [-0.4, -0.2) is 39.5 Å². The summed E-state index contributed by atoms with van der Waals surface area (Å²) in [5.74, 6) is 0.289. The van der Waals surface area contributed by atoms with Gasteiger partial charge < -0.3 is 10.1 Å². The number of aromatic nitrogens is 3. The van der Waals surface area contributed by atoms with E-state index in [-0.39, 0.29) is 17.1 Å². The maximum atomic E-state index is 12.4. The van der Waals surface area contributed by atoms with E-state index in [0.717, 1.165) is 11.4 Å². The third-order valence-electron chi connectivity index (χ3n) is 4.96. The molecule has 0 unspecified atom stereocenters. The summed E-state index contributed by atoms with van der Waals surface area (Å²) in [6.45, 7) is 10.9. The molecule has 1 N–H and O–H groups in total. The molecule has 1 amide bonds. The van der Waals surface area contributed by atoms with Crippen LogP contribution in [0, 0.1) is 0 Å². The minimum Gasteiger partial charge on any atom is -0.465 e. The van der Waals surface area contributed by atoms with Crippen LogP contribution in [-0.2, 0) is 21.5 Å². The Hall–Kier alpha value is -3.39. The summed E-state index contributed by atoms with van der Waals surface area (Å²) in [6, 6.07) is 14.8. The first kappa shape index (κ1) is 24.3. The molecule has 0 radical (unpaired) electrons. The third-order valence-corrected chi connectivity index (χ3v) is 5.93. The highest BCUT2D eigenvalue weighted by Crippen LogP contribution is 2.28. The average molecular weight is 465 g/mol. The number of anilines is 1. The molecule has 7 nitrogen and oxygen atoms in total. The van der Waals surface area contributed by atoms with Gasteiger partial charge in [-0.1, -0.05) is 62.9 Å². The third kappa shape index (κ3) is 6.10. The van der Waals surface area contributed by atoms with Crippen LogP contribution in [0.3, 0.4) is 0 Å². The molecule has 8 heteroatoms. The van der Waals surface area contributed by atoms with E-state index in [1.165, 1.54) is 24.4 Å². The predicted octanol–water partition coefficient (Wildman–Crippen LogP) is 4.95. The number of amides is 1. The highest BCUT2D eigenvalue weighted by Gasteiger charge is 2.17. The predicted molar refractivity (Wildman–Crippen MR) is 131 cm³/mol. The molecule has 0 aliphatic carbocycles. The van der Waals surface area contributed by atoms with Gasteiger partial charge in [0.2, 0.25) is 5.91 Å². The van der Waals surface area contributed by atoms with Crippen molar-refractivity contribution in [2.24, 2.45) is 0 Å². The van der Waals surface area contributed by atoms with Gasteiger partial charge in [0.25, 0.3) is 0 Å². The second-order valence-corrected chi connectivity index (χ2v) is 9.38. The van der Waals surface area contributed by atoms with Crippen LogP contribution >= 0.6 is 11.8 Å². The monoisotopic (exact) mass is 464 g/mol. The smallest absolute Gasteiger partial charge is 0.337 e. The van der Waals surface area contributed by atoms with Gasteiger partial charge in [0.05, 0.1) is 18.4 Å². The van der Waals surface area contributed by atoms with Crippen LogP contribution in [0.5, 0.6) is 0 Å². The Morgan fingerprint density at radius 1 is 1.09 bits per heavy atom. The van der Waals surface area contributed by atoms with Gasteiger partial charge in [-0.25, -0.2) is 4.79 Å². The largest absolute Gasteiger partial charge is 0.465 e. The van der Waals surface area contributed by atoms with E-state index in [9.17, 15) is 9.59 Å². The van der Waals surface area contributed by atoms with E-state index in [1.54, 1.807) is 30.3 Å². The molecule has 0 spiro atoms. The first-order chi connectivity index (χ1) is 15.7. The fraction of sp³-hybridized carbons (Fsp3) is 0.280. The number of ether oxygens (including phenoxy) is 1. The van der Waals surface area contributed by atoms with Crippen molar-refractivity contribution < 1.29 is 14.3 Å². The van der Waals surface area contributed by atoms with Crippen molar-refractivity contribution in [3.05, 3.63) is 72.3 Å². The number of carbonyl (C=O) groups excluding carboxylic acids is 2. The molecule has 0 atom stereocenters. The van der Waals surface area contributed by atoms with Gasteiger partial charge in [-0.2, -0.15) is 0 Å². The van der Waals surface area contributed by atoms with Crippen molar-refractivity contribution in [3.8, 4) is 11.4 Å². The zero-order valence-electron chi connectivity index (χ0n) is 19.3. The van der Waals surface area contributed by atoms with Crippen molar-refractivity contribution in [1.82, 2.24) is 14.8 Å². The van der Waals surface area contributed by atoms with Crippen molar-refractivity contribution in [2.45, 2.75) is 37.9 Å². The van der Waals surface area contributed by atoms with Gasteiger partial charge in [-0.3, -0.25) is 9.36 Å². The molecule has 33 heavy (non-hydrogen) atoms. The first-order valence-corrected chi connectivity index (χ1v) is 11.5. The number of benzene rings is 2. The molecule has 0 bridgehead atoms. The van der Waals surface area contributed by atoms with E-state index < -0.39 is 5.97 Å². The Bertz CT molecular complexity index is 1130. The number of nitrogens with one attached hydrogen (secondary N) is 1. The number of carbonyl (C=O) groups is 2. The van der Waals surface area contributed by atoms with E-state index in [4.69, 9.17) is 0 Å². The quantitative estimate of drug-likeness (QED) is 0.289. The zero-order valence-corrected chi connectivity index (χ0v) is 20.1. The molecule has 172 valence electrons. The van der Waals surface area contributed by atoms with Gasteiger partial charge in [-0.15, -0.1) is 16.8 Å². The fourth-order valence-electron chi connectivity index (χ4n) is 3.16. The lowest BCUT2D eigenvalue weighted by Gasteiger charge is -2.19. The Kier molecular flexibility index (Phi) is 7.71. The highest BCUT2D eigenvalue weighted by atomic mass is 32.2. The van der Waals surface area contributed by atoms with Gasteiger partial charge in [0.15, 0.2) is 11.0 Å². The van der Waals surface area contributed by atoms with E-state index in [2.05, 4.69) is 59.7 Å². The van der Waals surface area contributed by atoms with Crippen LogP contribution in [0.2, 0.25) is 0 Å². The fourth-order valence-corrected chi connectivity index (χ4v) is 3.90. The molecule has 3 aromatic rings. The van der Waals surface area contributed by atoms with E-state index in [1.807, 2.05) is 16.7 Å². The lowest BCUT2D eigenvalue weighted by Crippen LogP contribution is -2.15. The molecule has 3 rings (SSSR count). The van der Waals surface area contributed by atoms with Crippen molar-refractivity contribution in [1.29, 1.82) is 0 Å². The minimum atomic E-state index is -0.422. The van der Waals surface area contributed by atoms with Crippen LogP contribution in [0.4, 0.5) is 5.69 Å². The number of hydrogen-bond acceptors (Lipinski definition) is 6. The molecule has 1 heterocycles. The SMILES string of the molecule is C=CCn1c(SCC(=O)Nc2ccc(C(=O)OC)cc2)nnc1-c1ccc(C(C)(C)C)cc1. The molecule has 0 saturated carbocycles. The summed E-state index contributed by atoms with van der Waals surface area (Å²) in [6.07, 6.45) is 1.78. The highest BCUT2D eigenvalue weighted by molar-refractivity contribution is 7.99. The van der Waals surface area contributed by atoms with Crippen molar-refractivity contribution >= 4 is 29.3 Å². The molecule has 2 aromatic carbocycles. The van der Waals surface area contributed by atoms with E-state index >= 15 is 0 Å². The summed E-state index contributed by atoms with van der Waals surface area (Å²) < 4.78 is 6.63. The minimum absolute atomic E-state index is 0.0708. The summed E-state index contributed by atoms with van der Waals surface area (Å²) in [7, 11) is 1.33. The Morgan fingerprint density at radius 2 is 1.76 bits per heavy atom. The Labute approximate surface area is 198 Å². The molecule has 0 fully saturated rings. The molecular formula is C25H28N4O3S. The number of nitrogens with zero attached hydrogens (tertiary/aromatic N) is 3. The molecule has 0 saturated heterocycles. The number of methoxy groups -OCH3 is 1. The summed E-state index contributed by atoms with van der Waals surface area (Å²) in [5, 5.41) is 12.1. The van der Waals surface area contributed by atoms with E-state index in [0.29, 0.717) is 23.0 Å². The maximum Gasteiger partial charge on any atom is 0.337 e. The Balaban J connectivity index is 1.68. The van der Waals surface area contributed by atoms with Crippen molar-refractivity contribution in [3.63, 3.8) is 0 Å². The van der Waals surface area contributed by atoms with Gasteiger partial charge >= 0.3 is 5.97 Å². The van der Waals surface area contributed by atoms with Crippen LogP contribution in [0.25, 0.3) is 11.4 Å². The van der Waals surface area contributed by atoms with Crippen LogP contribution < -0.4 is 5.32 Å².